The number of aliphatic hydroxyl groups is 1. The number of fused-ring (bicyclic) bond motifs is 1. The van der Waals surface area contributed by atoms with Crippen molar-refractivity contribution in [1.29, 1.82) is 0 Å². The molecule has 0 radical (unpaired) electrons. The number of Topliss-reactive ketones (excluding diaryl/α,β-unsaturated/α-hetero) is 1. The average Bonchev–Trinajstić information content (AvgIpc) is 3.38. The lowest BCUT2D eigenvalue weighted by Gasteiger charge is -2.26. The molecular weight excluding hydrogens is 444 g/mol. The fourth-order valence-electron chi connectivity index (χ4n) is 4.03. The quantitative estimate of drug-likeness (QED) is 0.408. The predicted octanol–water partition coefficient (Wildman–Crippen LogP) is 5.27. The molecule has 2 aromatic carbocycles. The normalized spacial score (nSPS) is 16.0. The van der Waals surface area contributed by atoms with E-state index in [2.05, 4.69) is 4.98 Å². The molecule has 2 aromatic heterocycles. The first kappa shape index (κ1) is 20.8. The van der Waals surface area contributed by atoms with Crippen LogP contribution in [-0.2, 0) is 4.79 Å². The zero-order chi connectivity index (χ0) is 23.1. The molecule has 1 aliphatic heterocycles. The molecule has 0 saturated heterocycles. The second-order valence-electron chi connectivity index (χ2n) is 7.43. The lowest BCUT2D eigenvalue weighted by atomic mass is 9.96. The number of amides is 1. The Bertz CT molecular complexity index is 1410. The molecule has 0 bridgehead atoms. The number of hydrogen-bond donors (Lipinski definition) is 1. The molecule has 7 nitrogen and oxygen atoms in total. The number of para-hydroxylation sites is 1. The van der Waals surface area contributed by atoms with Gasteiger partial charge >= 0.3 is 0 Å². The van der Waals surface area contributed by atoms with Crippen molar-refractivity contribution >= 4 is 39.9 Å². The van der Waals surface area contributed by atoms with Crippen LogP contribution in [0, 0.1) is 0 Å². The summed E-state index contributed by atoms with van der Waals surface area (Å²) in [6.45, 7) is 0. The highest BCUT2D eigenvalue weighted by atomic mass is 35.5. The smallest absolute Gasteiger partial charge is 0.294 e. The Morgan fingerprint density at radius 1 is 1.15 bits per heavy atom. The number of methoxy groups -OCH3 is 1. The molecule has 33 heavy (non-hydrogen) atoms. The van der Waals surface area contributed by atoms with Gasteiger partial charge in [-0.1, -0.05) is 35.9 Å². The number of aliphatic hydroxyl groups excluding tert-OH is 1. The zero-order valence-electron chi connectivity index (χ0n) is 17.4. The van der Waals surface area contributed by atoms with Crippen LogP contribution in [0.25, 0.3) is 11.0 Å². The van der Waals surface area contributed by atoms with Gasteiger partial charge in [-0.2, -0.15) is 0 Å². The molecule has 1 atom stereocenters. The Morgan fingerprint density at radius 2 is 1.94 bits per heavy atom. The summed E-state index contributed by atoms with van der Waals surface area (Å²) >= 11 is 6.14. The Morgan fingerprint density at radius 3 is 2.64 bits per heavy atom. The van der Waals surface area contributed by atoms with Gasteiger partial charge in [0.05, 0.1) is 18.7 Å². The van der Waals surface area contributed by atoms with E-state index in [1.807, 2.05) is 6.07 Å². The van der Waals surface area contributed by atoms with Gasteiger partial charge in [0.25, 0.3) is 5.91 Å². The maximum atomic E-state index is 13.6. The van der Waals surface area contributed by atoms with Crippen LogP contribution in [0.3, 0.4) is 0 Å². The van der Waals surface area contributed by atoms with Crippen LogP contribution in [0.5, 0.6) is 5.75 Å². The SMILES string of the molecule is COc1cc(Cl)cc2cc(C(=O)C3=C(O)C(=O)N(c4ccccc4)C3c3cccnc3)oc12. The van der Waals surface area contributed by atoms with E-state index in [-0.39, 0.29) is 11.3 Å². The maximum absolute atomic E-state index is 13.6. The number of anilines is 1. The van der Waals surface area contributed by atoms with Crippen molar-refractivity contribution in [2.24, 2.45) is 0 Å². The van der Waals surface area contributed by atoms with Gasteiger partial charge in [0.2, 0.25) is 5.78 Å². The first-order valence-corrected chi connectivity index (χ1v) is 10.4. The molecule has 1 amide bonds. The summed E-state index contributed by atoms with van der Waals surface area (Å²) < 4.78 is 11.1. The number of aromatic nitrogens is 1. The highest BCUT2D eigenvalue weighted by molar-refractivity contribution is 6.31. The van der Waals surface area contributed by atoms with Gasteiger partial charge in [0.1, 0.15) is 0 Å². The number of benzene rings is 2. The average molecular weight is 461 g/mol. The molecule has 1 unspecified atom stereocenters. The van der Waals surface area contributed by atoms with Crippen molar-refractivity contribution in [3.63, 3.8) is 0 Å². The van der Waals surface area contributed by atoms with E-state index in [0.29, 0.717) is 33.0 Å². The van der Waals surface area contributed by atoms with Gasteiger partial charge in [-0.05, 0) is 35.9 Å². The molecule has 8 heteroatoms. The van der Waals surface area contributed by atoms with E-state index in [4.69, 9.17) is 20.8 Å². The van der Waals surface area contributed by atoms with Crippen molar-refractivity contribution in [2.75, 3.05) is 12.0 Å². The predicted molar refractivity (Wildman–Crippen MR) is 123 cm³/mol. The molecule has 1 N–H and O–H groups in total. The molecule has 4 aromatic rings. The third-order valence-electron chi connectivity index (χ3n) is 5.48. The highest BCUT2D eigenvalue weighted by Crippen LogP contribution is 2.42. The number of furan rings is 1. The van der Waals surface area contributed by atoms with E-state index in [1.165, 1.54) is 18.1 Å². The second-order valence-corrected chi connectivity index (χ2v) is 7.86. The molecule has 0 aliphatic carbocycles. The summed E-state index contributed by atoms with van der Waals surface area (Å²) in [6.07, 6.45) is 3.15. The summed E-state index contributed by atoms with van der Waals surface area (Å²) in [5, 5.41) is 11.8. The summed E-state index contributed by atoms with van der Waals surface area (Å²) in [5.74, 6) is -1.63. The van der Waals surface area contributed by atoms with Gasteiger partial charge in [-0.15, -0.1) is 0 Å². The standard InChI is InChI=1S/C25H17ClN2O5/c1-32-19-12-16(26)10-15-11-18(33-24(15)19)22(29)20-21(14-6-5-9-27-13-14)28(25(31)23(20)30)17-7-3-2-4-8-17/h2-13,21,30H,1H3. The summed E-state index contributed by atoms with van der Waals surface area (Å²) in [6, 6.07) is 16.1. The van der Waals surface area contributed by atoms with Crippen molar-refractivity contribution in [3.05, 3.63) is 101 Å². The van der Waals surface area contributed by atoms with Gasteiger partial charge in [0, 0.05) is 34.6 Å². The van der Waals surface area contributed by atoms with Crippen molar-refractivity contribution in [3.8, 4) is 5.75 Å². The number of rotatable bonds is 5. The van der Waals surface area contributed by atoms with Crippen molar-refractivity contribution in [1.82, 2.24) is 4.98 Å². The van der Waals surface area contributed by atoms with Crippen LogP contribution in [0.2, 0.25) is 5.02 Å². The molecule has 5 rings (SSSR count). The number of carbonyl (C=O) groups is 2. The molecule has 0 saturated carbocycles. The number of pyridine rings is 1. The highest BCUT2D eigenvalue weighted by Gasteiger charge is 2.45. The third-order valence-corrected chi connectivity index (χ3v) is 5.70. The minimum Gasteiger partial charge on any atom is -0.503 e. The number of halogens is 1. The second kappa shape index (κ2) is 8.11. The minimum atomic E-state index is -0.889. The maximum Gasteiger partial charge on any atom is 0.294 e. The summed E-state index contributed by atoms with van der Waals surface area (Å²) in [7, 11) is 1.47. The van der Waals surface area contributed by atoms with Crippen LogP contribution in [-0.4, -0.2) is 28.9 Å². The topological polar surface area (TPSA) is 92.9 Å². The van der Waals surface area contributed by atoms with Gasteiger partial charge < -0.3 is 14.3 Å². The summed E-state index contributed by atoms with van der Waals surface area (Å²) in [4.78, 5) is 32.3. The van der Waals surface area contributed by atoms with E-state index in [1.54, 1.807) is 60.9 Å². The van der Waals surface area contributed by atoms with Crippen molar-refractivity contribution in [2.45, 2.75) is 6.04 Å². The van der Waals surface area contributed by atoms with Crippen LogP contribution in [0.1, 0.15) is 22.2 Å². The first-order chi connectivity index (χ1) is 16.0. The number of nitrogens with zero attached hydrogens (tertiary/aromatic N) is 2. The van der Waals surface area contributed by atoms with Crippen LogP contribution >= 0.6 is 11.6 Å². The summed E-state index contributed by atoms with van der Waals surface area (Å²) in [5.41, 5.74) is 1.34. The molecule has 0 spiro atoms. The van der Waals surface area contributed by atoms with Crippen molar-refractivity contribution < 1.29 is 23.8 Å². The van der Waals surface area contributed by atoms with E-state index < -0.39 is 23.5 Å². The fraction of sp³-hybridized carbons (Fsp3) is 0.0800. The number of ether oxygens (including phenoxy) is 1. The Balaban J connectivity index is 1.66. The lowest BCUT2D eigenvalue weighted by molar-refractivity contribution is -0.117. The Hall–Kier alpha value is -4.10. The first-order valence-electron chi connectivity index (χ1n) is 10.0. The van der Waals surface area contributed by atoms with Crippen LogP contribution in [0.15, 0.2) is 88.8 Å². The monoisotopic (exact) mass is 460 g/mol. The third kappa shape index (κ3) is 3.43. The Labute approximate surface area is 193 Å². The van der Waals surface area contributed by atoms with Gasteiger partial charge in [-0.25, -0.2) is 0 Å². The largest absolute Gasteiger partial charge is 0.503 e. The minimum absolute atomic E-state index is 0.0521. The molecule has 1 aliphatic rings. The van der Waals surface area contributed by atoms with E-state index >= 15 is 0 Å². The van der Waals surface area contributed by atoms with Crippen LogP contribution in [0.4, 0.5) is 5.69 Å². The molecule has 3 heterocycles. The van der Waals surface area contributed by atoms with Gasteiger partial charge in [0.15, 0.2) is 22.9 Å². The molecule has 164 valence electrons. The number of ketones is 1. The van der Waals surface area contributed by atoms with Crippen LogP contribution < -0.4 is 9.64 Å². The molecular formula is C25H17ClN2O5. The van der Waals surface area contributed by atoms with E-state index in [9.17, 15) is 14.7 Å². The Kier molecular flexibility index (Phi) is 5.11. The number of hydrogen-bond acceptors (Lipinski definition) is 6. The molecule has 0 fully saturated rings. The lowest BCUT2D eigenvalue weighted by Crippen LogP contribution is -2.31. The van der Waals surface area contributed by atoms with Gasteiger partial charge in [-0.3, -0.25) is 19.5 Å². The van der Waals surface area contributed by atoms with E-state index in [0.717, 1.165) is 0 Å². The number of carbonyl (C=O) groups excluding carboxylic acids is 2. The zero-order valence-corrected chi connectivity index (χ0v) is 18.1. The fourth-order valence-corrected chi connectivity index (χ4v) is 4.24.